The van der Waals surface area contributed by atoms with Gasteiger partial charge in [-0.1, -0.05) is 24.3 Å². The van der Waals surface area contributed by atoms with E-state index in [1.54, 1.807) is 0 Å². The molecule has 2 aromatic rings. The van der Waals surface area contributed by atoms with E-state index in [0.717, 1.165) is 23.2 Å². The maximum absolute atomic E-state index is 12.0. The number of halogens is 2. The van der Waals surface area contributed by atoms with Crippen LogP contribution in [0.3, 0.4) is 0 Å². The molecule has 1 atom stereocenters. The van der Waals surface area contributed by atoms with E-state index in [-0.39, 0.29) is 17.7 Å². The Morgan fingerprint density at radius 2 is 2.00 bits per heavy atom. The molecule has 1 aliphatic carbocycles. The number of amides is 2. The number of anilines is 1. The lowest BCUT2D eigenvalue weighted by Gasteiger charge is -2.04. The van der Waals surface area contributed by atoms with Gasteiger partial charge in [0.05, 0.1) is 11.6 Å². The van der Waals surface area contributed by atoms with Gasteiger partial charge in [-0.3, -0.25) is 9.59 Å². The van der Waals surface area contributed by atoms with Gasteiger partial charge in [0, 0.05) is 24.4 Å². The fourth-order valence-corrected chi connectivity index (χ4v) is 3.61. The normalized spacial score (nSPS) is 17.8. The van der Waals surface area contributed by atoms with E-state index in [1.165, 1.54) is 18.3 Å². The average Bonchev–Trinajstić information content (AvgIpc) is 2.98. The maximum Gasteiger partial charge on any atom is 0.232 e. The Morgan fingerprint density at radius 3 is 2.60 bits per heavy atom. The van der Waals surface area contributed by atoms with Crippen molar-refractivity contribution in [3.05, 3.63) is 35.2 Å². The highest BCUT2D eigenvalue weighted by atomic mass is 35.5. The Labute approximate surface area is 159 Å². The second kappa shape index (κ2) is 7.32. The molecule has 1 heterocycles. The van der Waals surface area contributed by atoms with Crippen molar-refractivity contribution in [2.75, 3.05) is 11.9 Å². The van der Waals surface area contributed by atoms with Crippen molar-refractivity contribution in [3.63, 3.8) is 0 Å². The standard InChI is InChI=1S/C17H17Cl2N3O2S/c1-10(23)20-7-6-11-2-4-12(5-3-11)14-9-25-16(21-14)22-15(24)13-8-17(13,18)19/h2-5,9,13H,6-8H2,1H3,(H,20,23)(H,21,22,24)/t13-/m0/s1. The van der Waals surface area contributed by atoms with E-state index >= 15 is 0 Å². The number of thiazole rings is 1. The van der Waals surface area contributed by atoms with Crippen LogP contribution in [-0.4, -0.2) is 27.7 Å². The minimum atomic E-state index is -0.933. The molecule has 8 heteroatoms. The van der Waals surface area contributed by atoms with Gasteiger partial charge in [-0.15, -0.1) is 34.5 Å². The molecule has 1 saturated carbocycles. The molecule has 1 fully saturated rings. The maximum atomic E-state index is 12.0. The van der Waals surface area contributed by atoms with Gasteiger partial charge >= 0.3 is 0 Å². The molecule has 0 aliphatic heterocycles. The minimum Gasteiger partial charge on any atom is -0.356 e. The lowest BCUT2D eigenvalue weighted by Crippen LogP contribution is -2.22. The van der Waals surface area contributed by atoms with Crippen molar-refractivity contribution >= 4 is 51.5 Å². The van der Waals surface area contributed by atoms with Gasteiger partial charge in [-0.25, -0.2) is 4.98 Å². The number of nitrogens with zero attached hydrogens (tertiary/aromatic N) is 1. The summed E-state index contributed by atoms with van der Waals surface area (Å²) < 4.78 is -0.933. The first kappa shape index (κ1) is 18.2. The third-order valence-corrected chi connectivity index (χ3v) is 5.51. The highest BCUT2D eigenvalue weighted by Gasteiger charge is 2.56. The van der Waals surface area contributed by atoms with Gasteiger partial charge in [-0.05, 0) is 18.4 Å². The minimum absolute atomic E-state index is 0.0274. The molecule has 0 bridgehead atoms. The molecule has 0 radical (unpaired) electrons. The van der Waals surface area contributed by atoms with Gasteiger partial charge in [0.2, 0.25) is 11.8 Å². The Kier molecular flexibility index (Phi) is 5.32. The van der Waals surface area contributed by atoms with Crippen LogP contribution in [0, 0.1) is 5.92 Å². The second-order valence-electron chi connectivity index (χ2n) is 5.97. The molecule has 25 heavy (non-hydrogen) atoms. The summed E-state index contributed by atoms with van der Waals surface area (Å²) in [5.41, 5.74) is 2.90. The Balaban J connectivity index is 1.58. The number of hydrogen-bond donors (Lipinski definition) is 2. The summed E-state index contributed by atoms with van der Waals surface area (Å²) in [7, 11) is 0. The zero-order chi connectivity index (χ0) is 18.0. The average molecular weight is 398 g/mol. The van der Waals surface area contributed by atoms with Crippen LogP contribution in [0.5, 0.6) is 0 Å². The zero-order valence-electron chi connectivity index (χ0n) is 13.5. The van der Waals surface area contributed by atoms with Crippen molar-refractivity contribution < 1.29 is 9.59 Å². The summed E-state index contributed by atoms with van der Waals surface area (Å²) in [4.78, 5) is 27.3. The number of aromatic nitrogens is 1. The Morgan fingerprint density at radius 1 is 1.32 bits per heavy atom. The Bertz CT molecular complexity index is 789. The van der Waals surface area contributed by atoms with Gasteiger partial charge in [0.1, 0.15) is 4.33 Å². The highest BCUT2D eigenvalue weighted by molar-refractivity contribution is 7.14. The molecule has 1 aromatic carbocycles. The van der Waals surface area contributed by atoms with E-state index in [1.807, 2.05) is 29.6 Å². The van der Waals surface area contributed by atoms with Crippen molar-refractivity contribution in [1.82, 2.24) is 10.3 Å². The van der Waals surface area contributed by atoms with Crippen LogP contribution in [0.15, 0.2) is 29.6 Å². The zero-order valence-corrected chi connectivity index (χ0v) is 15.8. The van der Waals surface area contributed by atoms with Crippen molar-refractivity contribution in [2.24, 2.45) is 5.92 Å². The van der Waals surface area contributed by atoms with Gasteiger partial charge < -0.3 is 10.6 Å². The first-order valence-electron chi connectivity index (χ1n) is 7.83. The third-order valence-electron chi connectivity index (χ3n) is 3.91. The van der Waals surface area contributed by atoms with Crippen LogP contribution in [0.4, 0.5) is 5.13 Å². The van der Waals surface area contributed by atoms with E-state index in [4.69, 9.17) is 23.2 Å². The molecular weight excluding hydrogens is 381 g/mol. The number of hydrogen-bond acceptors (Lipinski definition) is 4. The quantitative estimate of drug-likeness (QED) is 0.731. The summed E-state index contributed by atoms with van der Waals surface area (Å²) in [6.45, 7) is 2.12. The predicted molar refractivity (Wildman–Crippen MR) is 101 cm³/mol. The summed E-state index contributed by atoms with van der Waals surface area (Å²) >= 11 is 13.2. The number of carbonyl (C=O) groups is 2. The fourth-order valence-electron chi connectivity index (χ4n) is 2.38. The van der Waals surface area contributed by atoms with Crippen molar-refractivity contribution in [3.8, 4) is 11.3 Å². The van der Waals surface area contributed by atoms with Crippen LogP contribution in [0.1, 0.15) is 18.9 Å². The number of carbonyl (C=O) groups excluding carboxylic acids is 2. The SMILES string of the molecule is CC(=O)NCCc1ccc(-c2csc(NC(=O)[C@@H]3CC3(Cl)Cl)n2)cc1. The molecule has 0 unspecified atom stereocenters. The third kappa shape index (κ3) is 4.71. The first-order valence-corrected chi connectivity index (χ1v) is 9.47. The molecular formula is C17H17Cl2N3O2S. The summed E-state index contributed by atoms with van der Waals surface area (Å²) in [6, 6.07) is 7.98. The number of nitrogens with one attached hydrogen (secondary N) is 2. The van der Waals surface area contributed by atoms with Gasteiger partial charge in [0.25, 0.3) is 0 Å². The monoisotopic (exact) mass is 397 g/mol. The lowest BCUT2D eigenvalue weighted by molar-refractivity contribution is -0.119. The molecule has 1 aromatic heterocycles. The van der Waals surface area contributed by atoms with Gasteiger partial charge in [0.15, 0.2) is 5.13 Å². The molecule has 5 nitrogen and oxygen atoms in total. The van der Waals surface area contributed by atoms with E-state index < -0.39 is 4.33 Å². The smallest absolute Gasteiger partial charge is 0.232 e. The van der Waals surface area contributed by atoms with Crippen molar-refractivity contribution in [1.29, 1.82) is 0 Å². The van der Waals surface area contributed by atoms with Crippen molar-refractivity contribution in [2.45, 2.75) is 24.1 Å². The van der Waals surface area contributed by atoms with E-state index in [2.05, 4.69) is 15.6 Å². The van der Waals surface area contributed by atoms with Crippen LogP contribution >= 0.6 is 34.5 Å². The first-order chi connectivity index (χ1) is 11.8. The highest BCUT2D eigenvalue weighted by Crippen LogP contribution is 2.53. The largest absolute Gasteiger partial charge is 0.356 e. The lowest BCUT2D eigenvalue weighted by atomic mass is 10.1. The number of rotatable bonds is 6. The Hall–Kier alpha value is -1.63. The molecule has 3 rings (SSSR count). The molecule has 2 N–H and O–H groups in total. The van der Waals surface area contributed by atoms with Crippen LogP contribution in [0.2, 0.25) is 0 Å². The molecule has 132 valence electrons. The predicted octanol–water partition coefficient (Wildman–Crippen LogP) is 3.62. The van der Waals surface area contributed by atoms with Crippen LogP contribution in [-0.2, 0) is 16.0 Å². The number of alkyl halides is 2. The molecule has 0 saturated heterocycles. The van der Waals surface area contributed by atoms with E-state index in [9.17, 15) is 9.59 Å². The summed E-state index contributed by atoms with van der Waals surface area (Å²) in [5.74, 6) is -0.592. The molecule has 0 spiro atoms. The molecule has 1 aliphatic rings. The van der Waals surface area contributed by atoms with Crippen LogP contribution in [0.25, 0.3) is 11.3 Å². The number of benzene rings is 1. The van der Waals surface area contributed by atoms with E-state index in [0.29, 0.717) is 18.1 Å². The summed E-state index contributed by atoms with van der Waals surface area (Å²) in [5, 5.41) is 7.96. The summed E-state index contributed by atoms with van der Waals surface area (Å²) in [6.07, 6.45) is 1.25. The second-order valence-corrected chi connectivity index (χ2v) is 8.38. The van der Waals surface area contributed by atoms with Gasteiger partial charge in [-0.2, -0.15) is 0 Å². The van der Waals surface area contributed by atoms with Crippen LogP contribution < -0.4 is 10.6 Å². The fraction of sp³-hybridized carbons (Fsp3) is 0.353. The topological polar surface area (TPSA) is 71.1 Å². The molecule has 2 amide bonds.